The van der Waals surface area contributed by atoms with Gasteiger partial charge in [0.2, 0.25) is 0 Å². The van der Waals surface area contributed by atoms with Gasteiger partial charge in [0.15, 0.2) is 5.92 Å². The van der Waals surface area contributed by atoms with Gasteiger partial charge < -0.3 is 9.47 Å². The number of carbonyl (C=O) groups is 3. The molecule has 2 rings (SSSR count). The maximum absolute atomic E-state index is 12.6. The van der Waals surface area contributed by atoms with Gasteiger partial charge in [-0.3, -0.25) is 14.4 Å². The smallest absolute Gasteiger partial charge is 0.320 e. The highest BCUT2D eigenvalue weighted by molar-refractivity contribution is 5.97. The van der Waals surface area contributed by atoms with Crippen molar-refractivity contribution in [3.05, 3.63) is 35.9 Å². The lowest BCUT2D eigenvalue weighted by Gasteiger charge is -2.33. The van der Waals surface area contributed by atoms with E-state index in [4.69, 9.17) is 9.47 Å². The summed E-state index contributed by atoms with van der Waals surface area (Å²) in [6.45, 7) is 3.75. The molecule has 0 spiro atoms. The van der Waals surface area contributed by atoms with Crippen LogP contribution in [0, 0.1) is 11.8 Å². The Hall–Kier alpha value is -2.17. The molecule has 0 heterocycles. The third-order valence-electron chi connectivity index (χ3n) is 4.66. The Morgan fingerprint density at radius 2 is 1.64 bits per heavy atom. The molecule has 1 saturated carbocycles. The van der Waals surface area contributed by atoms with Crippen molar-refractivity contribution in [3.8, 4) is 0 Å². The summed E-state index contributed by atoms with van der Waals surface area (Å²) in [5.74, 6) is -3.16. The summed E-state index contributed by atoms with van der Waals surface area (Å²) in [6, 6.07) is 9.29. The normalized spacial score (nSPS) is 18.7. The highest BCUT2D eigenvalue weighted by Gasteiger charge is 2.45. The molecule has 0 bridgehead atoms. The molecule has 1 aliphatic carbocycles. The van der Waals surface area contributed by atoms with Crippen molar-refractivity contribution in [2.24, 2.45) is 11.8 Å². The van der Waals surface area contributed by atoms with Crippen molar-refractivity contribution in [2.45, 2.75) is 45.4 Å². The quantitative estimate of drug-likeness (QED) is 0.560. The number of Topliss-reactive ketones (excluding diaryl/α,β-unsaturated/α-hetero) is 1. The predicted molar refractivity (Wildman–Crippen MR) is 92.9 cm³/mol. The van der Waals surface area contributed by atoms with Gasteiger partial charge in [0.25, 0.3) is 0 Å². The molecule has 1 aromatic rings. The largest absolute Gasteiger partial charge is 0.465 e. The van der Waals surface area contributed by atoms with E-state index in [-0.39, 0.29) is 24.9 Å². The second kappa shape index (κ2) is 9.35. The van der Waals surface area contributed by atoms with E-state index in [1.54, 1.807) is 13.8 Å². The van der Waals surface area contributed by atoms with Crippen LogP contribution in [0.25, 0.3) is 0 Å². The maximum atomic E-state index is 12.6. The first-order valence-electron chi connectivity index (χ1n) is 9.01. The molecular formula is C20H26O5. The molecule has 0 amide bonds. The van der Waals surface area contributed by atoms with Crippen LogP contribution < -0.4 is 0 Å². The van der Waals surface area contributed by atoms with Crippen molar-refractivity contribution in [1.29, 1.82) is 0 Å². The zero-order valence-corrected chi connectivity index (χ0v) is 14.9. The molecule has 0 saturated heterocycles. The van der Waals surface area contributed by atoms with Crippen LogP contribution in [0.5, 0.6) is 0 Å². The number of esters is 2. The fourth-order valence-electron chi connectivity index (χ4n) is 3.58. The lowest BCUT2D eigenvalue weighted by molar-refractivity contribution is -0.163. The minimum atomic E-state index is -1.12. The summed E-state index contributed by atoms with van der Waals surface area (Å²) in [4.78, 5) is 37.7. The molecular weight excluding hydrogens is 320 g/mol. The van der Waals surface area contributed by atoms with E-state index in [0.717, 1.165) is 18.4 Å². The van der Waals surface area contributed by atoms with Crippen LogP contribution in [0.1, 0.15) is 51.0 Å². The molecule has 0 N–H and O–H groups in total. The number of carbonyl (C=O) groups excluding carboxylic acids is 3. The Morgan fingerprint density at radius 1 is 1.04 bits per heavy atom. The number of benzene rings is 1. The Labute approximate surface area is 148 Å². The lowest BCUT2D eigenvalue weighted by atomic mass is 9.70. The van der Waals surface area contributed by atoms with Crippen molar-refractivity contribution in [1.82, 2.24) is 0 Å². The second-order valence-corrected chi connectivity index (χ2v) is 6.24. The summed E-state index contributed by atoms with van der Waals surface area (Å²) in [5.41, 5.74) is 0.800. The molecule has 136 valence electrons. The second-order valence-electron chi connectivity index (χ2n) is 6.24. The van der Waals surface area contributed by atoms with Crippen molar-refractivity contribution < 1.29 is 23.9 Å². The lowest BCUT2D eigenvalue weighted by Crippen LogP contribution is -2.39. The molecule has 2 atom stereocenters. The van der Waals surface area contributed by atoms with Crippen LogP contribution in [0.15, 0.2) is 30.3 Å². The van der Waals surface area contributed by atoms with Gasteiger partial charge in [-0.2, -0.15) is 0 Å². The van der Waals surface area contributed by atoms with Gasteiger partial charge in [0.05, 0.1) is 13.2 Å². The molecule has 1 aliphatic rings. The van der Waals surface area contributed by atoms with Gasteiger partial charge in [-0.05, 0) is 32.3 Å². The minimum Gasteiger partial charge on any atom is -0.465 e. The van der Waals surface area contributed by atoms with Crippen molar-refractivity contribution >= 4 is 17.7 Å². The minimum absolute atomic E-state index is 0.110. The van der Waals surface area contributed by atoms with Gasteiger partial charge >= 0.3 is 11.9 Å². The fraction of sp³-hybridized carbons (Fsp3) is 0.550. The first-order chi connectivity index (χ1) is 12.1. The van der Waals surface area contributed by atoms with Gasteiger partial charge in [0, 0.05) is 18.3 Å². The summed E-state index contributed by atoms with van der Waals surface area (Å²) in [7, 11) is 0. The number of ketones is 1. The molecule has 5 heteroatoms. The zero-order chi connectivity index (χ0) is 18.2. The zero-order valence-electron chi connectivity index (χ0n) is 14.9. The molecule has 5 nitrogen and oxygen atoms in total. The molecule has 0 aromatic heterocycles. The van der Waals surface area contributed by atoms with E-state index in [9.17, 15) is 14.4 Å². The van der Waals surface area contributed by atoms with Crippen LogP contribution in [0.4, 0.5) is 0 Å². The number of hydrogen-bond acceptors (Lipinski definition) is 5. The van der Waals surface area contributed by atoms with Crippen molar-refractivity contribution in [2.75, 3.05) is 13.2 Å². The summed E-state index contributed by atoms with van der Waals surface area (Å²) >= 11 is 0. The van der Waals surface area contributed by atoms with E-state index < -0.39 is 23.8 Å². The average Bonchev–Trinajstić information content (AvgIpc) is 2.61. The van der Waals surface area contributed by atoms with E-state index in [2.05, 4.69) is 0 Å². The van der Waals surface area contributed by atoms with Gasteiger partial charge in [-0.15, -0.1) is 0 Å². The van der Waals surface area contributed by atoms with Gasteiger partial charge in [-0.25, -0.2) is 0 Å². The Bertz CT molecular complexity index is 577. The third-order valence-corrected chi connectivity index (χ3v) is 4.66. The molecule has 25 heavy (non-hydrogen) atoms. The van der Waals surface area contributed by atoms with E-state index in [0.29, 0.717) is 12.8 Å². The predicted octanol–water partition coefficient (Wildman–Crippen LogP) is 3.27. The van der Waals surface area contributed by atoms with Crippen LogP contribution in [0.3, 0.4) is 0 Å². The Kier molecular flexibility index (Phi) is 7.16. The first-order valence-corrected chi connectivity index (χ1v) is 9.01. The average molecular weight is 346 g/mol. The number of rotatable bonds is 7. The van der Waals surface area contributed by atoms with Crippen LogP contribution in [-0.2, 0) is 23.9 Å². The summed E-state index contributed by atoms with van der Waals surface area (Å²) < 4.78 is 10.3. The van der Waals surface area contributed by atoms with E-state index in [1.165, 1.54) is 0 Å². The highest BCUT2D eigenvalue weighted by Crippen LogP contribution is 2.40. The Balaban J connectivity index is 2.46. The maximum Gasteiger partial charge on any atom is 0.320 e. The SMILES string of the molecule is CCOC(=O)C(C(=O)OCC)[C@@H](c1ccccc1)[C@H]1CCCCC1=O. The van der Waals surface area contributed by atoms with Crippen molar-refractivity contribution in [3.63, 3.8) is 0 Å². The first kappa shape index (κ1) is 19.2. The van der Waals surface area contributed by atoms with Crippen LogP contribution >= 0.6 is 0 Å². The fourth-order valence-corrected chi connectivity index (χ4v) is 3.58. The van der Waals surface area contributed by atoms with Crippen LogP contribution in [0.2, 0.25) is 0 Å². The topological polar surface area (TPSA) is 69.7 Å². The Morgan fingerprint density at radius 3 is 2.16 bits per heavy atom. The van der Waals surface area contributed by atoms with Gasteiger partial charge in [-0.1, -0.05) is 36.8 Å². The third kappa shape index (κ3) is 4.68. The molecule has 0 unspecified atom stereocenters. The highest BCUT2D eigenvalue weighted by atomic mass is 16.6. The number of hydrogen-bond donors (Lipinski definition) is 0. The van der Waals surface area contributed by atoms with Crippen LogP contribution in [-0.4, -0.2) is 30.9 Å². The monoisotopic (exact) mass is 346 g/mol. The summed E-state index contributed by atoms with van der Waals surface area (Å²) in [5, 5.41) is 0. The van der Waals surface area contributed by atoms with E-state index >= 15 is 0 Å². The summed E-state index contributed by atoms with van der Waals surface area (Å²) in [6.07, 6.45) is 2.94. The van der Waals surface area contributed by atoms with E-state index in [1.807, 2.05) is 30.3 Å². The standard InChI is InChI=1S/C20H26O5/c1-3-24-19(22)18(20(23)25-4-2)17(14-10-6-5-7-11-14)15-12-8-9-13-16(15)21/h5-7,10-11,15,17-18H,3-4,8-9,12-13H2,1-2H3/t15-,17-/m0/s1. The molecule has 1 aromatic carbocycles. The molecule has 0 radical (unpaired) electrons. The molecule has 0 aliphatic heterocycles. The molecule has 1 fully saturated rings. The van der Waals surface area contributed by atoms with Gasteiger partial charge in [0.1, 0.15) is 5.78 Å². The number of ether oxygens (including phenoxy) is 2.